The predicted octanol–water partition coefficient (Wildman–Crippen LogP) is 4.09. The molecule has 158 valence electrons. The number of nitrogens with one attached hydrogen (secondary N) is 1. The molecule has 4 aromatic rings. The Morgan fingerprint density at radius 1 is 1.03 bits per heavy atom. The van der Waals surface area contributed by atoms with Crippen LogP contribution in [0.1, 0.15) is 19.4 Å². The Labute approximate surface area is 180 Å². The van der Waals surface area contributed by atoms with E-state index in [0.29, 0.717) is 5.69 Å². The van der Waals surface area contributed by atoms with E-state index in [1.54, 1.807) is 12.4 Å². The molecule has 1 saturated heterocycles. The number of fused-ring (bicyclic) bond motifs is 1. The van der Waals surface area contributed by atoms with Gasteiger partial charge in [0.25, 0.3) is 0 Å². The van der Waals surface area contributed by atoms with E-state index in [9.17, 15) is 4.39 Å². The molecule has 1 aliphatic rings. The third-order valence-corrected chi connectivity index (χ3v) is 5.63. The van der Waals surface area contributed by atoms with Crippen molar-refractivity contribution >= 4 is 11.5 Å². The summed E-state index contributed by atoms with van der Waals surface area (Å²) in [6, 6.07) is 12.9. The van der Waals surface area contributed by atoms with E-state index < -0.39 is 0 Å². The van der Waals surface area contributed by atoms with Crippen LogP contribution in [0, 0.1) is 12.7 Å². The summed E-state index contributed by atoms with van der Waals surface area (Å²) in [6.45, 7) is 8.93. The number of aromatic nitrogens is 4. The first-order valence-electron chi connectivity index (χ1n) is 10.5. The highest BCUT2D eigenvalue weighted by Crippen LogP contribution is 2.33. The monoisotopic (exact) mass is 416 g/mol. The van der Waals surface area contributed by atoms with Crippen molar-refractivity contribution < 1.29 is 4.39 Å². The van der Waals surface area contributed by atoms with Crippen LogP contribution in [0.25, 0.3) is 28.2 Å². The average molecular weight is 417 g/mol. The van der Waals surface area contributed by atoms with Crippen molar-refractivity contribution in [3.8, 4) is 22.5 Å². The number of anilines is 1. The van der Waals surface area contributed by atoms with Crippen LogP contribution in [0.3, 0.4) is 0 Å². The molecule has 0 unspecified atom stereocenters. The molecular weight excluding hydrogens is 391 g/mol. The Hall–Kier alpha value is -3.32. The molecule has 5 rings (SSSR count). The average Bonchev–Trinajstić information content (AvgIpc) is 3.12. The summed E-state index contributed by atoms with van der Waals surface area (Å²) >= 11 is 0. The molecule has 0 amide bonds. The number of pyridine rings is 1. The van der Waals surface area contributed by atoms with Gasteiger partial charge in [0.1, 0.15) is 17.3 Å². The first-order chi connectivity index (χ1) is 14.9. The van der Waals surface area contributed by atoms with E-state index >= 15 is 0 Å². The van der Waals surface area contributed by atoms with Gasteiger partial charge in [-0.25, -0.2) is 13.9 Å². The fourth-order valence-electron chi connectivity index (χ4n) is 4.27. The second-order valence-electron chi connectivity index (χ2n) is 8.76. The molecular formula is C24H25FN6. The van der Waals surface area contributed by atoms with Crippen molar-refractivity contribution in [1.29, 1.82) is 0 Å². The van der Waals surface area contributed by atoms with Crippen LogP contribution < -0.4 is 10.2 Å². The van der Waals surface area contributed by atoms with Gasteiger partial charge in [0, 0.05) is 48.7 Å². The quantitative estimate of drug-likeness (QED) is 0.545. The SMILES string of the molecule is Cc1cc(F)cc(-c2nc3ccc(N4CCNC(C)(C)C4)nn3c2-c2ccncc2)c1. The summed E-state index contributed by atoms with van der Waals surface area (Å²) in [5.41, 5.74) is 4.80. The van der Waals surface area contributed by atoms with Crippen molar-refractivity contribution in [1.82, 2.24) is 24.9 Å². The molecule has 0 aliphatic carbocycles. The smallest absolute Gasteiger partial charge is 0.155 e. The number of halogens is 1. The van der Waals surface area contributed by atoms with Gasteiger partial charge >= 0.3 is 0 Å². The minimum atomic E-state index is -0.274. The summed E-state index contributed by atoms with van der Waals surface area (Å²) in [5.74, 6) is 0.626. The number of nitrogens with zero attached hydrogens (tertiary/aromatic N) is 5. The highest BCUT2D eigenvalue weighted by molar-refractivity contribution is 5.82. The lowest BCUT2D eigenvalue weighted by Gasteiger charge is -2.39. The Bertz CT molecular complexity index is 1230. The first-order valence-corrected chi connectivity index (χ1v) is 10.5. The molecule has 1 fully saturated rings. The minimum absolute atomic E-state index is 0.0159. The van der Waals surface area contributed by atoms with E-state index in [1.807, 2.05) is 41.8 Å². The number of rotatable bonds is 3. The number of benzene rings is 1. The second kappa shape index (κ2) is 7.42. The van der Waals surface area contributed by atoms with Crippen LogP contribution in [-0.4, -0.2) is 44.8 Å². The lowest BCUT2D eigenvalue weighted by atomic mass is 10.0. The molecule has 1 N–H and O–H groups in total. The first kappa shape index (κ1) is 19.6. The van der Waals surface area contributed by atoms with Crippen LogP contribution >= 0.6 is 0 Å². The normalized spacial score (nSPS) is 16.1. The molecule has 7 heteroatoms. The van der Waals surface area contributed by atoms with E-state index in [-0.39, 0.29) is 11.4 Å². The second-order valence-corrected chi connectivity index (χ2v) is 8.76. The Morgan fingerprint density at radius 3 is 2.58 bits per heavy atom. The lowest BCUT2D eigenvalue weighted by molar-refractivity contribution is 0.351. The molecule has 6 nitrogen and oxygen atoms in total. The molecule has 31 heavy (non-hydrogen) atoms. The number of hydrogen-bond donors (Lipinski definition) is 1. The maximum atomic E-state index is 14.2. The van der Waals surface area contributed by atoms with Gasteiger partial charge in [0.05, 0.1) is 5.69 Å². The van der Waals surface area contributed by atoms with E-state index in [4.69, 9.17) is 10.1 Å². The van der Waals surface area contributed by atoms with Crippen LogP contribution in [0.4, 0.5) is 10.2 Å². The van der Waals surface area contributed by atoms with Gasteiger partial charge < -0.3 is 10.2 Å². The predicted molar refractivity (Wildman–Crippen MR) is 121 cm³/mol. The number of aryl methyl sites for hydroxylation is 1. The third kappa shape index (κ3) is 3.77. The molecule has 3 aromatic heterocycles. The van der Waals surface area contributed by atoms with E-state index in [1.165, 1.54) is 12.1 Å². The summed E-state index contributed by atoms with van der Waals surface area (Å²) in [5, 5.41) is 8.51. The molecule has 0 spiro atoms. The summed E-state index contributed by atoms with van der Waals surface area (Å²) in [6.07, 6.45) is 3.50. The zero-order valence-corrected chi connectivity index (χ0v) is 17.9. The van der Waals surface area contributed by atoms with Crippen molar-refractivity contribution in [3.63, 3.8) is 0 Å². The van der Waals surface area contributed by atoms with Crippen LogP contribution in [-0.2, 0) is 0 Å². The topological polar surface area (TPSA) is 58.4 Å². The Balaban J connectivity index is 1.71. The summed E-state index contributed by atoms with van der Waals surface area (Å²) in [7, 11) is 0. The number of hydrogen-bond acceptors (Lipinski definition) is 5. The minimum Gasteiger partial charge on any atom is -0.352 e. The molecule has 0 atom stereocenters. The van der Waals surface area contributed by atoms with Crippen molar-refractivity contribution in [2.24, 2.45) is 0 Å². The summed E-state index contributed by atoms with van der Waals surface area (Å²) in [4.78, 5) is 11.3. The zero-order chi connectivity index (χ0) is 21.6. The van der Waals surface area contributed by atoms with Gasteiger partial charge in [0.2, 0.25) is 0 Å². The van der Waals surface area contributed by atoms with E-state index in [2.05, 4.69) is 29.0 Å². The van der Waals surface area contributed by atoms with Gasteiger partial charge in [-0.1, -0.05) is 0 Å². The standard InChI is InChI=1S/C24H25FN6/c1-16-12-18(14-19(25)13-16)22-23(17-6-8-26-9-7-17)31-20(28-22)4-5-21(29-31)30-11-10-27-24(2,3)15-30/h4-9,12-14,27H,10-11,15H2,1-3H3. The van der Waals surface area contributed by atoms with E-state index in [0.717, 1.165) is 53.5 Å². The van der Waals surface area contributed by atoms with Gasteiger partial charge in [-0.05, 0) is 68.8 Å². The molecule has 0 radical (unpaired) electrons. The maximum Gasteiger partial charge on any atom is 0.155 e. The van der Waals surface area contributed by atoms with Gasteiger partial charge in [-0.3, -0.25) is 4.98 Å². The van der Waals surface area contributed by atoms with Gasteiger partial charge in [0.15, 0.2) is 5.65 Å². The highest BCUT2D eigenvalue weighted by atomic mass is 19.1. The highest BCUT2D eigenvalue weighted by Gasteiger charge is 2.27. The number of piperazine rings is 1. The molecule has 0 saturated carbocycles. The van der Waals surface area contributed by atoms with Crippen LogP contribution in [0.2, 0.25) is 0 Å². The van der Waals surface area contributed by atoms with Gasteiger partial charge in [-0.15, -0.1) is 5.10 Å². The van der Waals surface area contributed by atoms with Gasteiger partial charge in [-0.2, -0.15) is 0 Å². The Kier molecular flexibility index (Phi) is 4.70. The Morgan fingerprint density at radius 2 is 1.84 bits per heavy atom. The van der Waals surface area contributed by atoms with Crippen LogP contribution in [0.5, 0.6) is 0 Å². The third-order valence-electron chi connectivity index (χ3n) is 5.63. The fourth-order valence-corrected chi connectivity index (χ4v) is 4.27. The lowest BCUT2D eigenvalue weighted by Crippen LogP contribution is -2.57. The fraction of sp³-hybridized carbons (Fsp3) is 0.292. The molecule has 1 aliphatic heterocycles. The maximum absolute atomic E-state index is 14.2. The van der Waals surface area contributed by atoms with Crippen LogP contribution in [0.15, 0.2) is 54.9 Å². The molecule has 1 aromatic carbocycles. The van der Waals surface area contributed by atoms with Crippen molar-refractivity contribution in [2.75, 3.05) is 24.5 Å². The zero-order valence-electron chi connectivity index (χ0n) is 17.9. The summed E-state index contributed by atoms with van der Waals surface area (Å²) < 4.78 is 16.1. The molecule has 0 bridgehead atoms. The molecule has 4 heterocycles. The number of imidazole rings is 1. The van der Waals surface area contributed by atoms with Crippen molar-refractivity contribution in [2.45, 2.75) is 26.3 Å². The van der Waals surface area contributed by atoms with Crippen molar-refractivity contribution in [3.05, 3.63) is 66.2 Å². The largest absolute Gasteiger partial charge is 0.352 e.